The zero-order valence-corrected chi connectivity index (χ0v) is 14.8. The molecule has 3 rings (SSSR count). The topological polar surface area (TPSA) is 46.2 Å². The van der Waals surface area contributed by atoms with Crippen molar-refractivity contribution in [3.8, 4) is 0 Å². The maximum absolute atomic E-state index is 12.3. The maximum Gasteiger partial charge on any atom is 0.211 e. The first-order chi connectivity index (χ1) is 11.6. The van der Waals surface area contributed by atoms with Gasteiger partial charge in [0, 0.05) is 12.0 Å². The molecule has 0 aliphatic heterocycles. The van der Waals surface area contributed by atoms with E-state index < -0.39 is 10.0 Å². The minimum absolute atomic E-state index is 0.00619. The molecule has 1 N–H and O–H groups in total. The fraction of sp³-hybridized carbons (Fsp3) is 0.400. The van der Waals surface area contributed by atoms with E-state index >= 15 is 0 Å². The van der Waals surface area contributed by atoms with E-state index in [0.717, 1.165) is 19.3 Å². The van der Waals surface area contributed by atoms with Crippen molar-refractivity contribution in [1.29, 1.82) is 0 Å². The van der Waals surface area contributed by atoms with Crippen molar-refractivity contribution in [1.82, 2.24) is 4.72 Å². The third kappa shape index (κ3) is 4.25. The third-order valence-electron chi connectivity index (χ3n) is 5.05. The lowest BCUT2D eigenvalue weighted by molar-refractivity contribution is 0.245. The van der Waals surface area contributed by atoms with Gasteiger partial charge in [-0.25, -0.2) is 13.1 Å². The molecule has 4 heteroatoms. The van der Waals surface area contributed by atoms with Crippen LogP contribution in [-0.2, 0) is 21.9 Å². The van der Waals surface area contributed by atoms with E-state index in [2.05, 4.69) is 16.9 Å². The molecule has 0 amide bonds. The van der Waals surface area contributed by atoms with E-state index in [-0.39, 0.29) is 11.2 Å². The van der Waals surface area contributed by atoms with Crippen LogP contribution in [0.25, 0.3) is 0 Å². The summed E-state index contributed by atoms with van der Waals surface area (Å²) in [6.07, 6.45) is 4.74. The molecule has 1 aliphatic carbocycles. The summed E-state index contributed by atoms with van der Waals surface area (Å²) in [6.45, 7) is 0.519. The van der Waals surface area contributed by atoms with Crippen molar-refractivity contribution in [3.05, 3.63) is 71.8 Å². The minimum Gasteiger partial charge on any atom is -0.214 e. The van der Waals surface area contributed by atoms with Crippen LogP contribution in [0.15, 0.2) is 60.7 Å². The monoisotopic (exact) mass is 343 g/mol. The summed E-state index contributed by atoms with van der Waals surface area (Å²) in [5.74, 6) is 0.187. The zero-order chi connectivity index (χ0) is 16.9. The van der Waals surface area contributed by atoms with E-state index in [4.69, 9.17) is 0 Å². The number of rotatable bonds is 8. The highest BCUT2D eigenvalue weighted by Gasteiger charge is 2.39. The predicted octanol–water partition coefficient (Wildman–Crippen LogP) is 3.66. The minimum atomic E-state index is -3.22. The summed E-state index contributed by atoms with van der Waals surface area (Å²) >= 11 is 0. The van der Waals surface area contributed by atoms with Crippen LogP contribution in [0, 0.1) is 0 Å². The van der Waals surface area contributed by atoms with Crippen LogP contribution in [0.4, 0.5) is 0 Å². The van der Waals surface area contributed by atoms with Crippen molar-refractivity contribution in [2.24, 2.45) is 0 Å². The predicted molar refractivity (Wildman–Crippen MR) is 98.5 cm³/mol. The van der Waals surface area contributed by atoms with Gasteiger partial charge in [-0.05, 0) is 36.8 Å². The molecule has 0 unspecified atom stereocenters. The first kappa shape index (κ1) is 17.2. The SMILES string of the molecule is O=S(=O)(CCCc1ccccc1)NCC1(c2ccccc2)CCC1. The number of benzene rings is 2. The molecule has 0 bridgehead atoms. The van der Waals surface area contributed by atoms with E-state index in [1.807, 2.05) is 48.5 Å². The van der Waals surface area contributed by atoms with Crippen LogP contribution >= 0.6 is 0 Å². The van der Waals surface area contributed by atoms with Gasteiger partial charge in [-0.1, -0.05) is 67.1 Å². The highest BCUT2D eigenvalue weighted by molar-refractivity contribution is 7.89. The Balaban J connectivity index is 1.53. The molecule has 1 saturated carbocycles. The lowest BCUT2D eigenvalue weighted by Gasteiger charge is -2.42. The highest BCUT2D eigenvalue weighted by Crippen LogP contribution is 2.43. The number of hydrogen-bond acceptors (Lipinski definition) is 2. The fourth-order valence-corrected chi connectivity index (χ4v) is 4.56. The molecule has 1 fully saturated rings. The fourth-order valence-electron chi connectivity index (χ4n) is 3.39. The van der Waals surface area contributed by atoms with Crippen LogP contribution in [-0.4, -0.2) is 20.7 Å². The Kier molecular flexibility index (Phi) is 5.36. The molecule has 0 radical (unpaired) electrons. The first-order valence-corrected chi connectivity index (χ1v) is 10.3. The first-order valence-electron chi connectivity index (χ1n) is 8.67. The highest BCUT2D eigenvalue weighted by atomic mass is 32.2. The maximum atomic E-state index is 12.3. The van der Waals surface area contributed by atoms with E-state index in [0.29, 0.717) is 13.0 Å². The van der Waals surface area contributed by atoms with E-state index in [9.17, 15) is 8.42 Å². The Labute approximate surface area is 145 Å². The molecule has 0 atom stereocenters. The Bertz CT molecular complexity index is 738. The molecule has 128 valence electrons. The van der Waals surface area contributed by atoms with Gasteiger partial charge in [0.2, 0.25) is 10.0 Å². The van der Waals surface area contributed by atoms with Gasteiger partial charge in [0.25, 0.3) is 0 Å². The standard InChI is InChI=1S/C20H25NO2S/c22-24(23,16-7-11-18-9-3-1-4-10-18)21-17-20(14-8-15-20)19-12-5-2-6-13-19/h1-6,9-10,12-13,21H,7-8,11,14-17H2. The van der Waals surface area contributed by atoms with Crippen LogP contribution in [0.5, 0.6) is 0 Å². The Morgan fingerprint density at radius 2 is 1.54 bits per heavy atom. The molecule has 0 saturated heterocycles. The summed E-state index contributed by atoms with van der Waals surface area (Å²) in [5.41, 5.74) is 2.43. The van der Waals surface area contributed by atoms with Gasteiger partial charge >= 0.3 is 0 Å². The second-order valence-corrected chi connectivity index (χ2v) is 8.66. The van der Waals surface area contributed by atoms with Gasteiger partial charge in [0.1, 0.15) is 0 Å². The molecule has 0 aromatic heterocycles. The van der Waals surface area contributed by atoms with Gasteiger partial charge in [-0.3, -0.25) is 0 Å². The molecule has 24 heavy (non-hydrogen) atoms. The normalized spacial score (nSPS) is 16.5. The van der Waals surface area contributed by atoms with E-state index in [1.165, 1.54) is 17.5 Å². The molecule has 0 heterocycles. The number of aryl methyl sites for hydroxylation is 1. The van der Waals surface area contributed by atoms with Gasteiger partial charge in [-0.2, -0.15) is 0 Å². The van der Waals surface area contributed by atoms with Gasteiger partial charge in [0.05, 0.1) is 5.75 Å². The molecule has 0 spiro atoms. The quantitative estimate of drug-likeness (QED) is 0.795. The molecule has 2 aromatic carbocycles. The van der Waals surface area contributed by atoms with E-state index in [1.54, 1.807) is 0 Å². The van der Waals surface area contributed by atoms with Gasteiger partial charge in [0.15, 0.2) is 0 Å². The third-order valence-corrected chi connectivity index (χ3v) is 6.46. The number of hydrogen-bond donors (Lipinski definition) is 1. The lowest BCUT2D eigenvalue weighted by atomic mass is 9.64. The van der Waals surface area contributed by atoms with Crippen LogP contribution in [0.2, 0.25) is 0 Å². The van der Waals surface area contributed by atoms with Crippen molar-refractivity contribution < 1.29 is 8.42 Å². The molecular weight excluding hydrogens is 318 g/mol. The lowest BCUT2D eigenvalue weighted by Crippen LogP contribution is -2.46. The second kappa shape index (κ2) is 7.49. The molecule has 2 aromatic rings. The van der Waals surface area contributed by atoms with Crippen LogP contribution in [0.3, 0.4) is 0 Å². The summed E-state index contributed by atoms with van der Waals surface area (Å²) in [4.78, 5) is 0. The average Bonchev–Trinajstić information content (AvgIpc) is 2.56. The van der Waals surface area contributed by atoms with Crippen LogP contribution in [0.1, 0.15) is 36.8 Å². The van der Waals surface area contributed by atoms with Gasteiger partial charge in [-0.15, -0.1) is 0 Å². The van der Waals surface area contributed by atoms with Crippen molar-refractivity contribution in [2.75, 3.05) is 12.3 Å². The van der Waals surface area contributed by atoms with Gasteiger partial charge < -0.3 is 0 Å². The summed E-state index contributed by atoms with van der Waals surface area (Å²) in [7, 11) is -3.22. The smallest absolute Gasteiger partial charge is 0.211 e. The summed E-state index contributed by atoms with van der Waals surface area (Å²) in [5, 5.41) is 0. The second-order valence-electron chi connectivity index (χ2n) is 6.73. The average molecular weight is 343 g/mol. The molecule has 3 nitrogen and oxygen atoms in total. The Morgan fingerprint density at radius 3 is 2.12 bits per heavy atom. The van der Waals surface area contributed by atoms with Crippen molar-refractivity contribution in [2.45, 2.75) is 37.5 Å². The Morgan fingerprint density at radius 1 is 0.917 bits per heavy atom. The molecule has 1 aliphatic rings. The van der Waals surface area contributed by atoms with Crippen LogP contribution < -0.4 is 4.72 Å². The van der Waals surface area contributed by atoms with Crippen molar-refractivity contribution in [3.63, 3.8) is 0 Å². The number of nitrogens with one attached hydrogen (secondary N) is 1. The number of sulfonamides is 1. The van der Waals surface area contributed by atoms with Crippen molar-refractivity contribution >= 4 is 10.0 Å². The summed E-state index contributed by atoms with van der Waals surface area (Å²) < 4.78 is 27.5. The summed E-state index contributed by atoms with van der Waals surface area (Å²) in [6, 6.07) is 20.3. The molecular formula is C20H25NO2S. The Hall–Kier alpha value is -1.65. The largest absolute Gasteiger partial charge is 0.214 e. The zero-order valence-electron chi connectivity index (χ0n) is 13.9.